The van der Waals surface area contributed by atoms with Gasteiger partial charge in [0.25, 0.3) is 0 Å². The van der Waals surface area contributed by atoms with Crippen molar-refractivity contribution in [2.45, 2.75) is 59.4 Å². The molecule has 3 aliphatic rings. The Hall–Kier alpha value is -2.55. The lowest BCUT2D eigenvalue weighted by atomic mass is 9.93. The maximum atomic E-state index is 13.6. The molecule has 8 heteroatoms. The van der Waals surface area contributed by atoms with Crippen molar-refractivity contribution in [1.82, 2.24) is 9.88 Å². The van der Waals surface area contributed by atoms with Gasteiger partial charge in [0.1, 0.15) is 5.82 Å². The molecule has 41 heavy (non-hydrogen) atoms. The fraction of sp³-hybridized carbons (Fsp3) is 0.636. The number of likely N-dealkylation sites (tertiary alicyclic amines) is 1. The number of carbonyl (C=O) groups excluding carboxylic acids is 1. The standard InChI is InChI=1S/C30H42N4O3.C2H6.CH3F/c1-24-2-4-26(5-3-24)22-32-12-8-27(9-13-32)23-34(30(35)20-25-10-16-36-17-11-25)28-6-7-29(31-21-28)33-14-18-37-19-15-33;2*1-2/h2-7,21,25,27H,8-20,22-23H2,1H3;1-2H3;1H3. The topological polar surface area (TPSA) is 58.1 Å². The maximum Gasteiger partial charge on any atom is 0.227 e. The van der Waals surface area contributed by atoms with Crippen LogP contribution in [0.4, 0.5) is 15.9 Å². The number of amides is 1. The second-order valence-corrected chi connectivity index (χ2v) is 10.9. The molecule has 0 radical (unpaired) electrons. The average Bonchev–Trinajstić information content (AvgIpc) is 3.05. The van der Waals surface area contributed by atoms with E-state index in [9.17, 15) is 9.18 Å². The lowest BCUT2D eigenvalue weighted by molar-refractivity contribution is -0.120. The summed E-state index contributed by atoms with van der Waals surface area (Å²) in [7, 11) is 0.500. The van der Waals surface area contributed by atoms with E-state index in [0.29, 0.717) is 25.4 Å². The summed E-state index contributed by atoms with van der Waals surface area (Å²) in [5, 5.41) is 0. The fourth-order valence-electron chi connectivity index (χ4n) is 5.71. The molecule has 0 atom stereocenters. The molecule has 0 saturated carbocycles. The summed E-state index contributed by atoms with van der Waals surface area (Å²) in [6, 6.07) is 13.0. The summed E-state index contributed by atoms with van der Waals surface area (Å²) in [5.74, 6) is 2.12. The Labute approximate surface area is 247 Å². The zero-order chi connectivity index (χ0) is 29.5. The highest BCUT2D eigenvalue weighted by Gasteiger charge is 2.27. The third kappa shape index (κ3) is 10.3. The Kier molecular flexibility index (Phi) is 14.5. The molecule has 3 fully saturated rings. The smallest absolute Gasteiger partial charge is 0.227 e. The SMILES string of the molecule is CC.CF.Cc1ccc(CN2CCC(CN(C(=O)CC3CCOCC3)c3ccc(N4CCOCC4)nc3)CC2)cc1. The highest BCUT2D eigenvalue weighted by Crippen LogP contribution is 2.27. The van der Waals surface area contributed by atoms with Gasteiger partial charge >= 0.3 is 0 Å². The van der Waals surface area contributed by atoms with Gasteiger partial charge in [-0.05, 0) is 75.2 Å². The van der Waals surface area contributed by atoms with Crippen molar-refractivity contribution in [1.29, 1.82) is 0 Å². The van der Waals surface area contributed by atoms with E-state index in [1.807, 2.05) is 24.9 Å². The molecule has 0 spiro atoms. The van der Waals surface area contributed by atoms with Crippen molar-refractivity contribution in [2.24, 2.45) is 11.8 Å². The lowest BCUT2D eigenvalue weighted by Crippen LogP contribution is -2.41. The highest BCUT2D eigenvalue weighted by atomic mass is 19.1. The molecule has 7 nitrogen and oxygen atoms in total. The summed E-state index contributed by atoms with van der Waals surface area (Å²) < 4.78 is 20.5. The van der Waals surface area contributed by atoms with Crippen molar-refractivity contribution in [3.05, 3.63) is 53.7 Å². The maximum absolute atomic E-state index is 13.6. The second-order valence-electron chi connectivity index (χ2n) is 10.9. The van der Waals surface area contributed by atoms with Crippen LogP contribution in [0.2, 0.25) is 0 Å². The molecule has 2 aromatic rings. The number of carbonyl (C=O) groups is 1. The first-order valence-corrected chi connectivity index (χ1v) is 15.5. The largest absolute Gasteiger partial charge is 0.381 e. The van der Waals surface area contributed by atoms with E-state index in [1.165, 1.54) is 11.1 Å². The Balaban J connectivity index is 0.00000111. The third-order valence-corrected chi connectivity index (χ3v) is 8.16. The number of piperidine rings is 1. The zero-order valence-electron chi connectivity index (χ0n) is 25.7. The number of hydrogen-bond acceptors (Lipinski definition) is 6. The first kappa shape index (κ1) is 33.0. The summed E-state index contributed by atoms with van der Waals surface area (Å²) in [6.07, 6.45) is 6.69. The molecular weight excluding hydrogens is 519 g/mol. The molecule has 0 N–H and O–H groups in total. The van der Waals surface area contributed by atoms with Crippen LogP contribution in [-0.4, -0.2) is 82.1 Å². The minimum absolute atomic E-state index is 0.231. The van der Waals surface area contributed by atoms with E-state index >= 15 is 0 Å². The van der Waals surface area contributed by atoms with E-state index in [0.717, 1.165) is 103 Å². The predicted molar refractivity (Wildman–Crippen MR) is 165 cm³/mol. The Bertz CT molecular complexity index is 985. The Morgan fingerprint density at radius 2 is 1.51 bits per heavy atom. The lowest BCUT2D eigenvalue weighted by Gasteiger charge is -2.35. The van der Waals surface area contributed by atoms with Crippen molar-refractivity contribution in [3.63, 3.8) is 0 Å². The zero-order valence-corrected chi connectivity index (χ0v) is 25.7. The molecule has 0 aliphatic carbocycles. The monoisotopic (exact) mass is 570 g/mol. The van der Waals surface area contributed by atoms with Crippen molar-refractivity contribution in [2.75, 3.05) is 76.1 Å². The molecule has 1 amide bonds. The number of pyridine rings is 1. The van der Waals surface area contributed by atoms with Crippen molar-refractivity contribution >= 4 is 17.4 Å². The normalized spacial score (nSPS) is 18.5. The molecular formula is C33H51FN4O3. The molecule has 3 aliphatic heterocycles. The van der Waals surface area contributed by atoms with E-state index in [2.05, 4.69) is 53.1 Å². The minimum atomic E-state index is 0.231. The van der Waals surface area contributed by atoms with E-state index in [1.54, 1.807) is 0 Å². The number of benzene rings is 1. The van der Waals surface area contributed by atoms with E-state index in [-0.39, 0.29) is 5.91 Å². The summed E-state index contributed by atoms with van der Waals surface area (Å²) in [5.41, 5.74) is 3.61. The van der Waals surface area contributed by atoms with Crippen LogP contribution in [0.15, 0.2) is 42.6 Å². The number of alkyl halides is 1. The molecule has 3 saturated heterocycles. The Morgan fingerprint density at radius 1 is 0.878 bits per heavy atom. The third-order valence-electron chi connectivity index (χ3n) is 8.16. The Morgan fingerprint density at radius 3 is 2.12 bits per heavy atom. The van der Waals surface area contributed by atoms with Crippen LogP contribution >= 0.6 is 0 Å². The molecule has 1 aromatic carbocycles. The minimum Gasteiger partial charge on any atom is -0.381 e. The van der Waals surface area contributed by atoms with Gasteiger partial charge in [-0.25, -0.2) is 4.98 Å². The summed E-state index contributed by atoms with van der Waals surface area (Å²) >= 11 is 0. The first-order chi connectivity index (χ1) is 20.1. The van der Waals surface area contributed by atoms with Gasteiger partial charge in [0.2, 0.25) is 5.91 Å². The van der Waals surface area contributed by atoms with Crippen LogP contribution in [0.3, 0.4) is 0 Å². The van der Waals surface area contributed by atoms with Crippen molar-refractivity contribution < 1.29 is 18.7 Å². The highest BCUT2D eigenvalue weighted by molar-refractivity contribution is 5.93. The van der Waals surface area contributed by atoms with Gasteiger partial charge in [0, 0.05) is 45.8 Å². The number of ether oxygens (including phenoxy) is 2. The van der Waals surface area contributed by atoms with Crippen LogP contribution < -0.4 is 9.80 Å². The van der Waals surface area contributed by atoms with Gasteiger partial charge in [0.05, 0.1) is 32.3 Å². The van der Waals surface area contributed by atoms with Gasteiger partial charge in [-0.2, -0.15) is 0 Å². The van der Waals surface area contributed by atoms with Gasteiger partial charge in [0.15, 0.2) is 0 Å². The summed E-state index contributed by atoms with van der Waals surface area (Å²) in [4.78, 5) is 25.2. The van der Waals surface area contributed by atoms with Gasteiger partial charge in [-0.15, -0.1) is 0 Å². The number of anilines is 2. The van der Waals surface area contributed by atoms with E-state index < -0.39 is 0 Å². The van der Waals surface area contributed by atoms with Crippen molar-refractivity contribution in [3.8, 4) is 0 Å². The number of aromatic nitrogens is 1. The van der Waals surface area contributed by atoms with Crippen LogP contribution in [0.5, 0.6) is 0 Å². The molecule has 4 heterocycles. The van der Waals surface area contributed by atoms with Crippen LogP contribution in [0.1, 0.15) is 57.1 Å². The fourth-order valence-corrected chi connectivity index (χ4v) is 5.71. The molecule has 5 rings (SSSR count). The molecule has 0 bridgehead atoms. The number of hydrogen-bond donors (Lipinski definition) is 0. The summed E-state index contributed by atoms with van der Waals surface area (Å²) in [6.45, 7) is 14.8. The predicted octanol–water partition coefficient (Wildman–Crippen LogP) is 5.90. The van der Waals surface area contributed by atoms with E-state index in [4.69, 9.17) is 14.5 Å². The average molecular weight is 571 g/mol. The number of rotatable bonds is 8. The van der Waals surface area contributed by atoms with Crippen LogP contribution in [0.25, 0.3) is 0 Å². The van der Waals surface area contributed by atoms with Gasteiger partial charge in [-0.1, -0.05) is 43.7 Å². The molecule has 228 valence electrons. The number of halogens is 1. The molecule has 1 aromatic heterocycles. The van der Waals surface area contributed by atoms with Crippen LogP contribution in [0, 0.1) is 18.8 Å². The van der Waals surface area contributed by atoms with Crippen LogP contribution in [-0.2, 0) is 20.8 Å². The number of aryl methyl sites for hydroxylation is 1. The van der Waals surface area contributed by atoms with Gasteiger partial charge in [-0.3, -0.25) is 14.1 Å². The van der Waals surface area contributed by atoms with Gasteiger partial charge < -0.3 is 19.3 Å². The first-order valence-electron chi connectivity index (χ1n) is 15.5. The molecule has 0 unspecified atom stereocenters. The quantitative estimate of drug-likeness (QED) is 0.394. The second kappa shape index (κ2) is 18.1. The number of nitrogens with zero attached hydrogens (tertiary/aromatic N) is 4. The number of morpholine rings is 1.